The second kappa shape index (κ2) is 7.09. The van der Waals surface area contributed by atoms with Gasteiger partial charge in [-0.15, -0.1) is 0 Å². The van der Waals surface area contributed by atoms with Crippen LogP contribution in [0.4, 0.5) is 27.4 Å². The average Bonchev–Trinajstić information content (AvgIpc) is 2.57. The molecular formula is C19H17FN4O. The lowest BCUT2D eigenvalue weighted by molar-refractivity contribution is 0.101. The normalized spacial score (nSPS) is 10.4. The van der Waals surface area contributed by atoms with E-state index in [4.69, 9.17) is 0 Å². The molecule has 0 bridgehead atoms. The highest BCUT2D eigenvalue weighted by molar-refractivity contribution is 5.94. The van der Waals surface area contributed by atoms with Crippen LogP contribution in [-0.2, 0) is 0 Å². The summed E-state index contributed by atoms with van der Waals surface area (Å²) in [6, 6.07) is 15.2. The fraction of sp³-hybridized carbons (Fsp3) is 0.105. The number of carbonyl (C=O) groups is 1. The summed E-state index contributed by atoms with van der Waals surface area (Å²) >= 11 is 0. The Balaban J connectivity index is 1.81. The Morgan fingerprint density at radius 1 is 0.960 bits per heavy atom. The van der Waals surface area contributed by atoms with Crippen molar-refractivity contribution < 1.29 is 9.18 Å². The third-order valence-corrected chi connectivity index (χ3v) is 3.54. The van der Waals surface area contributed by atoms with Crippen molar-refractivity contribution in [3.8, 4) is 0 Å². The van der Waals surface area contributed by atoms with Crippen LogP contribution >= 0.6 is 0 Å². The second-order valence-electron chi connectivity index (χ2n) is 5.55. The van der Waals surface area contributed by atoms with Gasteiger partial charge in [0, 0.05) is 17.3 Å². The average molecular weight is 336 g/mol. The van der Waals surface area contributed by atoms with Gasteiger partial charge in [-0.25, -0.2) is 14.4 Å². The van der Waals surface area contributed by atoms with E-state index in [0.717, 1.165) is 5.69 Å². The topological polar surface area (TPSA) is 66.9 Å². The number of para-hydroxylation sites is 1. The van der Waals surface area contributed by atoms with Gasteiger partial charge in [-0.05, 0) is 50.2 Å². The lowest BCUT2D eigenvalue weighted by Crippen LogP contribution is -2.02. The molecule has 6 heteroatoms. The van der Waals surface area contributed by atoms with E-state index in [2.05, 4.69) is 20.6 Å². The van der Waals surface area contributed by atoms with E-state index in [9.17, 15) is 9.18 Å². The Hall–Kier alpha value is -3.28. The number of rotatable bonds is 5. The standard InChI is InChI=1S/C19H17FN4O/c1-12(25)14-7-9-15(10-8-14)23-18-11-19(22-13(2)21-18)24-17-6-4-3-5-16(17)20/h3-11H,1-2H3,(H2,21,22,23,24). The summed E-state index contributed by atoms with van der Waals surface area (Å²) in [5.74, 6) is 1.26. The Morgan fingerprint density at radius 2 is 1.60 bits per heavy atom. The molecule has 2 N–H and O–H groups in total. The van der Waals surface area contributed by atoms with Gasteiger partial charge in [-0.1, -0.05) is 12.1 Å². The van der Waals surface area contributed by atoms with E-state index >= 15 is 0 Å². The van der Waals surface area contributed by atoms with Crippen LogP contribution in [0, 0.1) is 12.7 Å². The summed E-state index contributed by atoms with van der Waals surface area (Å²) in [7, 11) is 0. The zero-order chi connectivity index (χ0) is 17.8. The van der Waals surface area contributed by atoms with Crippen molar-refractivity contribution >= 4 is 28.8 Å². The van der Waals surface area contributed by atoms with E-state index in [1.165, 1.54) is 13.0 Å². The van der Waals surface area contributed by atoms with Gasteiger partial charge in [-0.3, -0.25) is 4.79 Å². The summed E-state index contributed by atoms with van der Waals surface area (Å²) < 4.78 is 13.8. The predicted octanol–water partition coefficient (Wildman–Crippen LogP) is 4.61. The van der Waals surface area contributed by atoms with Crippen LogP contribution in [-0.4, -0.2) is 15.8 Å². The van der Waals surface area contributed by atoms with Crippen LogP contribution in [0.2, 0.25) is 0 Å². The van der Waals surface area contributed by atoms with Gasteiger partial charge in [0.1, 0.15) is 23.3 Å². The van der Waals surface area contributed by atoms with Crippen molar-refractivity contribution in [2.45, 2.75) is 13.8 Å². The zero-order valence-electron chi connectivity index (χ0n) is 13.9. The first-order valence-electron chi connectivity index (χ1n) is 7.76. The number of Topliss-reactive ketones (excluding diaryl/α,β-unsaturated/α-hetero) is 1. The number of halogens is 1. The van der Waals surface area contributed by atoms with Crippen LogP contribution in [0.25, 0.3) is 0 Å². The number of hydrogen-bond donors (Lipinski definition) is 2. The minimum Gasteiger partial charge on any atom is -0.340 e. The third kappa shape index (κ3) is 4.17. The summed E-state index contributed by atoms with van der Waals surface area (Å²) in [4.78, 5) is 19.9. The molecule has 25 heavy (non-hydrogen) atoms. The van der Waals surface area contributed by atoms with Crippen LogP contribution in [0.15, 0.2) is 54.6 Å². The molecule has 0 saturated carbocycles. The van der Waals surface area contributed by atoms with Gasteiger partial charge in [-0.2, -0.15) is 0 Å². The van der Waals surface area contributed by atoms with Gasteiger partial charge in [0.2, 0.25) is 0 Å². The molecule has 0 radical (unpaired) electrons. The van der Waals surface area contributed by atoms with E-state index in [0.29, 0.717) is 28.7 Å². The first-order valence-corrected chi connectivity index (χ1v) is 7.76. The molecule has 0 saturated heterocycles. The minimum atomic E-state index is -0.354. The number of nitrogens with one attached hydrogen (secondary N) is 2. The van der Waals surface area contributed by atoms with Crippen molar-refractivity contribution in [2.24, 2.45) is 0 Å². The fourth-order valence-electron chi connectivity index (χ4n) is 2.33. The number of benzene rings is 2. The predicted molar refractivity (Wildman–Crippen MR) is 96.2 cm³/mol. The molecule has 1 aromatic heterocycles. The van der Waals surface area contributed by atoms with Crippen LogP contribution in [0.5, 0.6) is 0 Å². The molecule has 0 unspecified atom stereocenters. The maximum atomic E-state index is 13.8. The quantitative estimate of drug-likeness (QED) is 0.666. The molecule has 0 fully saturated rings. The minimum absolute atomic E-state index is 0.0146. The van der Waals surface area contributed by atoms with E-state index in [1.54, 1.807) is 55.5 Å². The van der Waals surface area contributed by atoms with Crippen molar-refractivity contribution in [3.63, 3.8) is 0 Å². The Kier molecular flexibility index (Phi) is 4.70. The molecular weight excluding hydrogens is 319 g/mol. The molecule has 0 atom stereocenters. The smallest absolute Gasteiger partial charge is 0.159 e. The maximum Gasteiger partial charge on any atom is 0.159 e. The molecule has 3 rings (SSSR count). The number of hydrogen-bond acceptors (Lipinski definition) is 5. The van der Waals surface area contributed by atoms with Gasteiger partial charge in [0.25, 0.3) is 0 Å². The molecule has 1 heterocycles. The largest absolute Gasteiger partial charge is 0.340 e. The fourth-order valence-corrected chi connectivity index (χ4v) is 2.33. The zero-order valence-corrected chi connectivity index (χ0v) is 13.9. The van der Waals surface area contributed by atoms with Gasteiger partial charge < -0.3 is 10.6 Å². The highest BCUT2D eigenvalue weighted by Gasteiger charge is 2.06. The monoisotopic (exact) mass is 336 g/mol. The lowest BCUT2D eigenvalue weighted by Gasteiger charge is -2.11. The Morgan fingerprint density at radius 3 is 2.24 bits per heavy atom. The number of aromatic nitrogens is 2. The molecule has 126 valence electrons. The molecule has 0 amide bonds. The van der Waals surface area contributed by atoms with Crippen LogP contribution in [0.1, 0.15) is 23.1 Å². The maximum absolute atomic E-state index is 13.8. The molecule has 0 aliphatic carbocycles. The van der Waals surface area contributed by atoms with Gasteiger partial charge in [0.05, 0.1) is 5.69 Å². The van der Waals surface area contributed by atoms with Crippen molar-refractivity contribution in [1.29, 1.82) is 0 Å². The number of nitrogens with zero attached hydrogens (tertiary/aromatic N) is 2. The van der Waals surface area contributed by atoms with E-state index in [1.807, 2.05) is 0 Å². The molecule has 0 aliphatic rings. The second-order valence-corrected chi connectivity index (χ2v) is 5.55. The lowest BCUT2D eigenvalue weighted by atomic mass is 10.1. The molecule has 3 aromatic rings. The van der Waals surface area contributed by atoms with Crippen molar-refractivity contribution in [1.82, 2.24) is 9.97 Å². The number of ketones is 1. The number of anilines is 4. The summed E-state index contributed by atoms with van der Waals surface area (Å²) in [6.07, 6.45) is 0. The highest BCUT2D eigenvalue weighted by Crippen LogP contribution is 2.22. The number of aryl methyl sites for hydroxylation is 1. The van der Waals surface area contributed by atoms with Crippen molar-refractivity contribution in [2.75, 3.05) is 10.6 Å². The molecule has 5 nitrogen and oxygen atoms in total. The summed E-state index contributed by atoms with van der Waals surface area (Å²) in [5.41, 5.74) is 1.78. The number of carbonyl (C=O) groups excluding carboxylic acids is 1. The van der Waals surface area contributed by atoms with Crippen molar-refractivity contribution in [3.05, 3.63) is 71.8 Å². The van der Waals surface area contributed by atoms with Crippen LogP contribution < -0.4 is 10.6 Å². The SMILES string of the molecule is CC(=O)c1ccc(Nc2cc(Nc3ccccc3F)nc(C)n2)cc1. The Labute approximate surface area is 145 Å². The van der Waals surface area contributed by atoms with Gasteiger partial charge in [0.15, 0.2) is 5.78 Å². The Bertz CT molecular complexity index is 910. The summed E-state index contributed by atoms with van der Waals surface area (Å²) in [5, 5.41) is 6.11. The molecule has 0 aliphatic heterocycles. The van der Waals surface area contributed by atoms with E-state index < -0.39 is 0 Å². The first kappa shape index (κ1) is 16.6. The highest BCUT2D eigenvalue weighted by atomic mass is 19.1. The van der Waals surface area contributed by atoms with Gasteiger partial charge >= 0.3 is 0 Å². The first-order chi connectivity index (χ1) is 12.0. The molecule has 0 spiro atoms. The molecule has 2 aromatic carbocycles. The summed E-state index contributed by atoms with van der Waals surface area (Å²) in [6.45, 7) is 3.29. The van der Waals surface area contributed by atoms with Crippen LogP contribution in [0.3, 0.4) is 0 Å². The third-order valence-electron chi connectivity index (χ3n) is 3.54. The van der Waals surface area contributed by atoms with E-state index in [-0.39, 0.29) is 11.6 Å².